The first-order chi connectivity index (χ1) is 11.5. The highest BCUT2D eigenvalue weighted by atomic mass is 16.2. The normalized spacial score (nSPS) is 11.0. The van der Waals surface area contributed by atoms with Gasteiger partial charge in [-0.1, -0.05) is 19.1 Å². The summed E-state index contributed by atoms with van der Waals surface area (Å²) in [4.78, 5) is 23.4. The number of nitrogen functional groups attached to an aromatic ring is 1. The first-order valence-corrected chi connectivity index (χ1v) is 7.60. The Balaban J connectivity index is 2.00. The van der Waals surface area contributed by atoms with Crippen LogP contribution in [-0.2, 0) is 4.79 Å². The summed E-state index contributed by atoms with van der Waals surface area (Å²) in [6.45, 7) is 3.58. The molecule has 0 unspecified atom stereocenters. The van der Waals surface area contributed by atoms with Crippen LogP contribution in [0.4, 0.5) is 11.4 Å². The molecular formula is C18H20N4O2. The summed E-state index contributed by atoms with van der Waals surface area (Å²) < 4.78 is 0. The minimum Gasteiger partial charge on any atom is -0.399 e. The van der Waals surface area contributed by atoms with E-state index in [0.717, 1.165) is 5.56 Å². The lowest BCUT2D eigenvalue weighted by molar-refractivity contribution is -0.115. The van der Waals surface area contributed by atoms with Crippen LogP contribution < -0.4 is 16.5 Å². The summed E-state index contributed by atoms with van der Waals surface area (Å²) in [6.07, 6.45) is 0.404. The van der Waals surface area contributed by atoms with Gasteiger partial charge in [0, 0.05) is 23.4 Å². The predicted molar refractivity (Wildman–Crippen MR) is 95.9 cm³/mol. The third-order valence-electron chi connectivity index (χ3n) is 3.41. The average molecular weight is 324 g/mol. The molecule has 0 fully saturated rings. The number of nitrogens with zero attached hydrogens (tertiary/aromatic N) is 1. The van der Waals surface area contributed by atoms with Crippen LogP contribution in [0.25, 0.3) is 0 Å². The highest BCUT2D eigenvalue weighted by Crippen LogP contribution is 2.10. The molecule has 4 N–H and O–H groups in total. The van der Waals surface area contributed by atoms with E-state index in [1.165, 1.54) is 0 Å². The van der Waals surface area contributed by atoms with Crippen molar-refractivity contribution in [3.63, 3.8) is 0 Å². The Hall–Kier alpha value is -3.15. The molecule has 0 heterocycles. The molecule has 0 saturated carbocycles. The Morgan fingerprint density at radius 1 is 1.00 bits per heavy atom. The van der Waals surface area contributed by atoms with Crippen LogP contribution in [-0.4, -0.2) is 17.5 Å². The van der Waals surface area contributed by atoms with E-state index in [0.29, 0.717) is 29.1 Å². The van der Waals surface area contributed by atoms with Crippen molar-refractivity contribution in [2.24, 2.45) is 5.10 Å². The standard InChI is InChI=1S/C18H20N4O2/c1-3-17(23)20-16-10-6-14(7-11-16)18(24)22-21-12(2)13-4-8-15(19)9-5-13/h4-11H,3,19H2,1-2H3,(H,20,23)(H,22,24)/b21-12+. The molecule has 0 bridgehead atoms. The second kappa shape index (κ2) is 7.92. The van der Waals surface area contributed by atoms with E-state index >= 15 is 0 Å². The van der Waals surface area contributed by atoms with E-state index in [4.69, 9.17) is 5.73 Å². The van der Waals surface area contributed by atoms with Crippen molar-refractivity contribution in [2.75, 3.05) is 11.1 Å². The molecule has 24 heavy (non-hydrogen) atoms. The third-order valence-corrected chi connectivity index (χ3v) is 3.41. The van der Waals surface area contributed by atoms with Crippen LogP contribution in [0.15, 0.2) is 53.6 Å². The zero-order valence-corrected chi connectivity index (χ0v) is 13.7. The first kappa shape index (κ1) is 17.2. The van der Waals surface area contributed by atoms with Crippen LogP contribution in [0.5, 0.6) is 0 Å². The third kappa shape index (κ3) is 4.67. The fraction of sp³-hybridized carbons (Fsp3) is 0.167. The Bertz CT molecular complexity index is 750. The minimum absolute atomic E-state index is 0.0732. The number of carbonyl (C=O) groups is 2. The number of anilines is 2. The van der Waals surface area contributed by atoms with Gasteiger partial charge in [-0.05, 0) is 48.9 Å². The quantitative estimate of drug-likeness (QED) is 0.448. The van der Waals surface area contributed by atoms with E-state index in [-0.39, 0.29) is 11.8 Å². The highest BCUT2D eigenvalue weighted by Gasteiger charge is 2.06. The van der Waals surface area contributed by atoms with E-state index in [1.807, 2.05) is 12.1 Å². The van der Waals surface area contributed by atoms with Crippen molar-refractivity contribution in [2.45, 2.75) is 20.3 Å². The Morgan fingerprint density at radius 2 is 1.58 bits per heavy atom. The van der Waals surface area contributed by atoms with Gasteiger partial charge in [0.15, 0.2) is 0 Å². The molecule has 2 rings (SSSR count). The highest BCUT2D eigenvalue weighted by molar-refractivity contribution is 6.01. The number of rotatable bonds is 5. The van der Waals surface area contributed by atoms with Crippen molar-refractivity contribution in [1.82, 2.24) is 5.43 Å². The van der Waals surface area contributed by atoms with Gasteiger partial charge < -0.3 is 11.1 Å². The lowest BCUT2D eigenvalue weighted by atomic mass is 10.1. The fourth-order valence-electron chi connectivity index (χ4n) is 1.94. The lowest BCUT2D eigenvalue weighted by Gasteiger charge is -2.06. The van der Waals surface area contributed by atoms with E-state index in [9.17, 15) is 9.59 Å². The predicted octanol–water partition coefficient (Wildman–Crippen LogP) is 2.77. The van der Waals surface area contributed by atoms with Crippen molar-refractivity contribution in [3.05, 3.63) is 59.7 Å². The summed E-state index contributed by atoms with van der Waals surface area (Å²) >= 11 is 0. The number of nitrogens with two attached hydrogens (primary N) is 1. The first-order valence-electron chi connectivity index (χ1n) is 7.60. The van der Waals surface area contributed by atoms with E-state index in [1.54, 1.807) is 50.2 Å². The van der Waals surface area contributed by atoms with Gasteiger partial charge in [-0.15, -0.1) is 0 Å². The van der Waals surface area contributed by atoms with Crippen LogP contribution in [0.1, 0.15) is 36.2 Å². The van der Waals surface area contributed by atoms with Gasteiger partial charge in [0.05, 0.1) is 5.71 Å². The van der Waals surface area contributed by atoms with Gasteiger partial charge in [0.25, 0.3) is 5.91 Å². The smallest absolute Gasteiger partial charge is 0.271 e. The largest absolute Gasteiger partial charge is 0.399 e. The maximum absolute atomic E-state index is 12.1. The van der Waals surface area contributed by atoms with E-state index < -0.39 is 0 Å². The SMILES string of the molecule is CCC(=O)Nc1ccc(C(=O)N/N=C(\C)c2ccc(N)cc2)cc1. The molecule has 0 radical (unpaired) electrons. The summed E-state index contributed by atoms with van der Waals surface area (Å²) in [5, 5.41) is 6.82. The maximum Gasteiger partial charge on any atom is 0.271 e. The van der Waals surface area contributed by atoms with Crippen LogP contribution in [0, 0.1) is 0 Å². The summed E-state index contributed by atoms with van der Waals surface area (Å²) in [6, 6.07) is 13.9. The molecular weight excluding hydrogens is 304 g/mol. The molecule has 0 atom stereocenters. The van der Waals surface area contributed by atoms with Gasteiger partial charge in [-0.25, -0.2) is 5.43 Å². The molecule has 0 aliphatic rings. The zero-order valence-electron chi connectivity index (χ0n) is 13.7. The van der Waals surface area contributed by atoms with Crippen molar-refractivity contribution < 1.29 is 9.59 Å². The van der Waals surface area contributed by atoms with Gasteiger partial charge in [-0.2, -0.15) is 5.10 Å². The van der Waals surface area contributed by atoms with Gasteiger partial charge in [0.2, 0.25) is 5.91 Å². The zero-order chi connectivity index (χ0) is 17.5. The van der Waals surface area contributed by atoms with Crippen LogP contribution >= 0.6 is 0 Å². The molecule has 6 nitrogen and oxygen atoms in total. The molecule has 6 heteroatoms. The van der Waals surface area contributed by atoms with Crippen molar-refractivity contribution in [1.29, 1.82) is 0 Å². The molecule has 0 saturated heterocycles. The number of amides is 2. The lowest BCUT2D eigenvalue weighted by Crippen LogP contribution is -2.19. The number of hydrogen-bond donors (Lipinski definition) is 3. The molecule has 0 aromatic heterocycles. The van der Waals surface area contributed by atoms with Crippen LogP contribution in [0.2, 0.25) is 0 Å². The Labute approximate surface area is 140 Å². The summed E-state index contributed by atoms with van der Waals surface area (Å²) in [7, 11) is 0. The number of hydrogen-bond acceptors (Lipinski definition) is 4. The number of nitrogens with one attached hydrogen (secondary N) is 2. The second-order valence-corrected chi connectivity index (χ2v) is 5.24. The van der Waals surface area contributed by atoms with Crippen molar-refractivity contribution in [3.8, 4) is 0 Å². The maximum atomic E-state index is 12.1. The fourth-order valence-corrected chi connectivity index (χ4v) is 1.94. The van der Waals surface area contributed by atoms with Gasteiger partial charge >= 0.3 is 0 Å². The molecule has 0 spiro atoms. The number of benzene rings is 2. The minimum atomic E-state index is -0.321. The molecule has 124 valence electrons. The average Bonchev–Trinajstić information content (AvgIpc) is 2.60. The molecule has 0 aliphatic carbocycles. The van der Waals surface area contributed by atoms with Gasteiger partial charge in [-0.3, -0.25) is 9.59 Å². The molecule has 0 aliphatic heterocycles. The monoisotopic (exact) mass is 324 g/mol. The Morgan fingerprint density at radius 3 is 2.17 bits per heavy atom. The van der Waals surface area contributed by atoms with E-state index in [2.05, 4.69) is 15.8 Å². The molecule has 2 aromatic rings. The van der Waals surface area contributed by atoms with Crippen LogP contribution in [0.3, 0.4) is 0 Å². The number of hydrazone groups is 1. The van der Waals surface area contributed by atoms with Gasteiger partial charge in [0.1, 0.15) is 0 Å². The summed E-state index contributed by atoms with van der Waals surface area (Å²) in [5.74, 6) is -0.394. The molecule has 2 aromatic carbocycles. The second-order valence-electron chi connectivity index (χ2n) is 5.24. The topological polar surface area (TPSA) is 96.6 Å². The molecule has 2 amide bonds. The van der Waals surface area contributed by atoms with Crippen molar-refractivity contribution >= 4 is 28.9 Å². The number of carbonyl (C=O) groups excluding carboxylic acids is 2. The summed E-state index contributed by atoms with van der Waals surface area (Å²) in [5.41, 5.74) is 11.5. The Kier molecular flexibility index (Phi) is 5.68.